The number of rotatable bonds is 8. The highest BCUT2D eigenvalue weighted by atomic mass is 16.5. The Kier molecular flexibility index (Phi) is 5.67. The predicted octanol–water partition coefficient (Wildman–Crippen LogP) is 2.66. The summed E-state index contributed by atoms with van der Waals surface area (Å²) in [5, 5.41) is 3.76. The van der Waals surface area contributed by atoms with Crippen LogP contribution in [0.15, 0.2) is 0 Å². The average molecular weight is 268 g/mol. The molecule has 0 aromatic heterocycles. The van der Waals surface area contributed by atoms with Crippen LogP contribution in [0.1, 0.15) is 52.9 Å². The van der Waals surface area contributed by atoms with Gasteiger partial charge in [-0.25, -0.2) is 0 Å². The van der Waals surface area contributed by atoms with Crippen LogP contribution in [0.25, 0.3) is 0 Å². The predicted molar refractivity (Wildman–Crippen MR) is 80.5 cm³/mol. The summed E-state index contributed by atoms with van der Waals surface area (Å²) < 4.78 is 5.75. The fourth-order valence-corrected chi connectivity index (χ4v) is 3.02. The van der Waals surface area contributed by atoms with Gasteiger partial charge in [0.05, 0.1) is 0 Å². The zero-order valence-corrected chi connectivity index (χ0v) is 13.1. The van der Waals surface area contributed by atoms with Crippen molar-refractivity contribution in [1.82, 2.24) is 10.2 Å². The molecule has 0 amide bonds. The highest BCUT2D eigenvalue weighted by Crippen LogP contribution is 2.28. The standard InChI is InChI=1S/C16H32N2O/c1-4-16(5-2)13-18(14(3)11-17-16)9-6-10-19-12-15-7-8-15/h14-15,17H,4-13H2,1-3H3. The molecule has 19 heavy (non-hydrogen) atoms. The van der Waals surface area contributed by atoms with Crippen LogP contribution in [0.5, 0.6) is 0 Å². The van der Waals surface area contributed by atoms with Gasteiger partial charge in [-0.2, -0.15) is 0 Å². The Morgan fingerprint density at radius 1 is 1.26 bits per heavy atom. The molecule has 1 saturated heterocycles. The Hall–Kier alpha value is -0.120. The Morgan fingerprint density at radius 3 is 2.63 bits per heavy atom. The van der Waals surface area contributed by atoms with E-state index in [1.54, 1.807) is 0 Å². The molecule has 3 nitrogen and oxygen atoms in total. The van der Waals surface area contributed by atoms with Crippen molar-refractivity contribution < 1.29 is 4.74 Å². The second-order valence-corrected chi connectivity index (χ2v) is 6.56. The summed E-state index contributed by atoms with van der Waals surface area (Å²) in [4.78, 5) is 2.66. The van der Waals surface area contributed by atoms with Gasteiger partial charge in [0.2, 0.25) is 0 Å². The SMILES string of the molecule is CCC1(CC)CN(CCCOCC2CC2)C(C)CN1. The van der Waals surface area contributed by atoms with Crippen LogP contribution in [0.2, 0.25) is 0 Å². The molecule has 1 aliphatic carbocycles. The highest BCUT2D eigenvalue weighted by molar-refractivity contribution is 4.95. The fourth-order valence-electron chi connectivity index (χ4n) is 3.02. The first kappa shape index (κ1) is 15.3. The maximum atomic E-state index is 5.75. The zero-order chi connectivity index (χ0) is 13.7. The van der Waals surface area contributed by atoms with Gasteiger partial charge in [-0.1, -0.05) is 13.8 Å². The van der Waals surface area contributed by atoms with Crippen molar-refractivity contribution in [1.29, 1.82) is 0 Å². The Labute approximate surface area is 119 Å². The number of nitrogens with one attached hydrogen (secondary N) is 1. The number of ether oxygens (including phenoxy) is 1. The Morgan fingerprint density at radius 2 is 2.00 bits per heavy atom. The smallest absolute Gasteiger partial charge is 0.0494 e. The lowest BCUT2D eigenvalue weighted by molar-refractivity contribution is 0.0626. The van der Waals surface area contributed by atoms with E-state index in [0.29, 0.717) is 11.6 Å². The van der Waals surface area contributed by atoms with Crippen LogP contribution in [0, 0.1) is 5.92 Å². The van der Waals surface area contributed by atoms with Crippen molar-refractivity contribution in [3.8, 4) is 0 Å². The Balaban J connectivity index is 1.67. The number of hydrogen-bond acceptors (Lipinski definition) is 3. The van der Waals surface area contributed by atoms with Gasteiger partial charge < -0.3 is 10.1 Å². The van der Waals surface area contributed by atoms with E-state index in [1.807, 2.05) is 0 Å². The summed E-state index contributed by atoms with van der Waals surface area (Å²) in [5.41, 5.74) is 0.349. The molecule has 0 radical (unpaired) electrons. The first-order valence-electron chi connectivity index (χ1n) is 8.26. The van der Waals surface area contributed by atoms with Crippen molar-refractivity contribution in [2.45, 2.75) is 64.5 Å². The maximum Gasteiger partial charge on any atom is 0.0494 e. The number of hydrogen-bond donors (Lipinski definition) is 1. The van der Waals surface area contributed by atoms with E-state index in [-0.39, 0.29) is 0 Å². The van der Waals surface area contributed by atoms with Gasteiger partial charge in [0.1, 0.15) is 0 Å². The molecule has 2 aliphatic rings. The quantitative estimate of drug-likeness (QED) is 0.685. The molecule has 3 heteroatoms. The van der Waals surface area contributed by atoms with Crippen LogP contribution in [0.3, 0.4) is 0 Å². The van der Waals surface area contributed by atoms with Crippen molar-refractivity contribution in [2.75, 3.05) is 32.8 Å². The molecule has 1 unspecified atom stereocenters. The molecule has 0 bridgehead atoms. The highest BCUT2D eigenvalue weighted by Gasteiger charge is 2.34. The Bertz CT molecular complexity index is 261. The summed E-state index contributed by atoms with van der Waals surface area (Å²) in [7, 11) is 0. The third kappa shape index (κ3) is 4.44. The van der Waals surface area contributed by atoms with Crippen molar-refractivity contribution in [3.05, 3.63) is 0 Å². The molecular weight excluding hydrogens is 236 g/mol. The van der Waals surface area contributed by atoms with Gasteiger partial charge in [0.25, 0.3) is 0 Å². The van der Waals surface area contributed by atoms with Crippen LogP contribution in [0.4, 0.5) is 0 Å². The van der Waals surface area contributed by atoms with E-state index in [4.69, 9.17) is 4.74 Å². The second-order valence-electron chi connectivity index (χ2n) is 6.56. The molecule has 0 spiro atoms. The molecule has 1 atom stereocenters. The van der Waals surface area contributed by atoms with E-state index in [2.05, 4.69) is 31.0 Å². The molecule has 2 rings (SSSR count). The normalized spacial score (nSPS) is 27.6. The molecule has 0 aromatic carbocycles. The summed E-state index contributed by atoms with van der Waals surface area (Å²) in [5.74, 6) is 0.894. The van der Waals surface area contributed by atoms with E-state index in [0.717, 1.165) is 25.7 Å². The number of nitrogens with zero attached hydrogens (tertiary/aromatic N) is 1. The first-order valence-corrected chi connectivity index (χ1v) is 8.26. The molecule has 1 N–H and O–H groups in total. The van der Waals surface area contributed by atoms with E-state index in [1.165, 1.54) is 45.2 Å². The summed E-state index contributed by atoms with van der Waals surface area (Å²) in [6.07, 6.45) is 6.42. The lowest BCUT2D eigenvalue weighted by Gasteiger charge is -2.46. The minimum Gasteiger partial charge on any atom is -0.381 e. The molecule has 1 saturated carbocycles. The average Bonchev–Trinajstić information content (AvgIpc) is 3.25. The number of piperazine rings is 1. The van der Waals surface area contributed by atoms with E-state index < -0.39 is 0 Å². The van der Waals surface area contributed by atoms with Crippen molar-refractivity contribution in [3.63, 3.8) is 0 Å². The molecule has 0 aromatic rings. The molecule has 112 valence electrons. The van der Waals surface area contributed by atoms with Crippen LogP contribution in [-0.4, -0.2) is 49.3 Å². The van der Waals surface area contributed by atoms with Gasteiger partial charge in [0.15, 0.2) is 0 Å². The molecule has 1 heterocycles. The molecule has 1 aliphatic heterocycles. The summed E-state index contributed by atoms with van der Waals surface area (Å²) in [6, 6.07) is 0.662. The van der Waals surface area contributed by atoms with Gasteiger partial charge in [-0.05, 0) is 44.9 Å². The molecular formula is C16H32N2O. The fraction of sp³-hybridized carbons (Fsp3) is 1.00. The zero-order valence-electron chi connectivity index (χ0n) is 13.1. The lowest BCUT2D eigenvalue weighted by Crippen LogP contribution is -2.63. The minimum absolute atomic E-state index is 0.349. The lowest BCUT2D eigenvalue weighted by atomic mass is 9.88. The second kappa shape index (κ2) is 7.05. The summed E-state index contributed by atoms with van der Waals surface area (Å²) in [6.45, 7) is 12.4. The van der Waals surface area contributed by atoms with Crippen molar-refractivity contribution >= 4 is 0 Å². The van der Waals surface area contributed by atoms with E-state index >= 15 is 0 Å². The van der Waals surface area contributed by atoms with Crippen molar-refractivity contribution in [2.24, 2.45) is 5.92 Å². The monoisotopic (exact) mass is 268 g/mol. The van der Waals surface area contributed by atoms with Gasteiger partial charge in [-0.3, -0.25) is 4.90 Å². The topological polar surface area (TPSA) is 24.5 Å². The first-order chi connectivity index (χ1) is 9.19. The van der Waals surface area contributed by atoms with Gasteiger partial charge >= 0.3 is 0 Å². The largest absolute Gasteiger partial charge is 0.381 e. The third-order valence-corrected chi connectivity index (χ3v) is 5.04. The summed E-state index contributed by atoms with van der Waals surface area (Å²) >= 11 is 0. The van der Waals surface area contributed by atoms with Crippen LogP contribution in [-0.2, 0) is 4.74 Å². The van der Waals surface area contributed by atoms with E-state index in [9.17, 15) is 0 Å². The molecule has 2 fully saturated rings. The maximum absolute atomic E-state index is 5.75. The van der Waals surface area contributed by atoms with Gasteiger partial charge in [0, 0.05) is 44.4 Å². The van der Waals surface area contributed by atoms with Gasteiger partial charge in [-0.15, -0.1) is 0 Å². The third-order valence-electron chi connectivity index (χ3n) is 5.04. The minimum atomic E-state index is 0.349. The van der Waals surface area contributed by atoms with Crippen LogP contribution < -0.4 is 5.32 Å². The van der Waals surface area contributed by atoms with Crippen LogP contribution >= 0.6 is 0 Å².